The first kappa shape index (κ1) is 32.8. The van der Waals surface area contributed by atoms with E-state index in [1.807, 2.05) is 23.5 Å². The number of hydrogen-bond acceptors (Lipinski definition) is 3. The van der Waals surface area contributed by atoms with E-state index in [1.54, 1.807) is 0 Å². The van der Waals surface area contributed by atoms with Crippen LogP contribution in [-0.2, 0) is 0 Å². The fourth-order valence-electron chi connectivity index (χ4n) is 9.01. The van der Waals surface area contributed by atoms with Gasteiger partial charge in [-0.1, -0.05) is 140 Å². The molecule has 0 radical (unpaired) electrons. The molecule has 3 heterocycles. The Morgan fingerprint density at radius 2 is 1.05 bits per heavy atom. The summed E-state index contributed by atoms with van der Waals surface area (Å²) in [5, 5.41) is 7.25. The van der Waals surface area contributed by atoms with Crippen LogP contribution in [0.2, 0.25) is 0 Å². The summed E-state index contributed by atoms with van der Waals surface area (Å²) < 4.78 is 11.3. The highest BCUT2D eigenvalue weighted by molar-refractivity contribution is 7.26. The van der Waals surface area contributed by atoms with E-state index in [4.69, 9.17) is 4.42 Å². The van der Waals surface area contributed by atoms with Crippen LogP contribution in [0.25, 0.3) is 91.9 Å². The van der Waals surface area contributed by atoms with Crippen molar-refractivity contribution >= 4 is 92.3 Å². The number of fused-ring (bicyclic) bond motifs is 9. The van der Waals surface area contributed by atoms with E-state index in [2.05, 4.69) is 204 Å². The number of benzene rings is 9. The number of hydrogen-bond donors (Lipinski definition) is 0. The van der Waals surface area contributed by atoms with Gasteiger partial charge in [0.25, 0.3) is 0 Å². The Morgan fingerprint density at radius 3 is 1.88 bits per heavy atom. The summed E-state index contributed by atoms with van der Waals surface area (Å²) in [4.78, 5) is 2.46. The molecular weight excluding hydrogens is 725 g/mol. The number of rotatable bonds is 6. The molecule has 0 fully saturated rings. The van der Waals surface area contributed by atoms with Crippen LogP contribution in [0.5, 0.6) is 0 Å². The molecule has 3 nitrogen and oxygen atoms in total. The molecule has 12 rings (SSSR count). The van der Waals surface area contributed by atoms with E-state index in [0.29, 0.717) is 0 Å². The van der Waals surface area contributed by atoms with Crippen LogP contribution in [0.3, 0.4) is 0 Å². The van der Waals surface area contributed by atoms with Crippen molar-refractivity contribution in [2.45, 2.75) is 0 Å². The number of thiophene rings is 1. The molecule has 0 aliphatic carbocycles. The number of nitrogens with zero attached hydrogens (tertiary/aromatic N) is 2. The zero-order valence-electron chi connectivity index (χ0n) is 31.3. The quantitative estimate of drug-likeness (QED) is 0.168. The first-order valence-corrected chi connectivity index (χ1v) is 20.5. The lowest BCUT2D eigenvalue weighted by atomic mass is 9.95. The molecule has 0 amide bonds. The lowest BCUT2D eigenvalue weighted by Crippen LogP contribution is -2.11. The van der Waals surface area contributed by atoms with Gasteiger partial charge in [-0.3, -0.25) is 0 Å². The molecule has 0 aliphatic rings. The zero-order valence-corrected chi connectivity index (χ0v) is 32.2. The lowest BCUT2D eigenvalue weighted by Gasteiger charge is -2.29. The third kappa shape index (κ3) is 5.05. The van der Waals surface area contributed by atoms with E-state index in [0.717, 1.165) is 61.4 Å². The van der Waals surface area contributed by atoms with Crippen molar-refractivity contribution in [2.24, 2.45) is 0 Å². The Hall–Kier alpha value is -7.40. The molecule has 9 aromatic carbocycles. The van der Waals surface area contributed by atoms with E-state index in [1.165, 1.54) is 47.5 Å². The number of para-hydroxylation sites is 4. The van der Waals surface area contributed by atoms with Crippen molar-refractivity contribution in [3.05, 3.63) is 206 Å². The van der Waals surface area contributed by atoms with Gasteiger partial charge in [0.15, 0.2) is 0 Å². The average Bonchev–Trinajstić information content (AvgIpc) is 3.97. The predicted molar refractivity (Wildman–Crippen MR) is 247 cm³/mol. The minimum Gasteiger partial charge on any atom is -0.456 e. The minimum atomic E-state index is 0.880. The standard InChI is InChI=1S/C54H34N2OS/c1-2-15-35(16-3-1)44-33-36(38-17-4-9-23-46(38)56-47-24-10-5-18-39(47)40-19-6-11-25-48(40)56)29-31-49(44)55(37-30-32-52-45(34-37)41-20-7-12-27-51(41)57-52)50-26-14-22-43-42-21-8-13-28-53(42)58-54(43)50/h1-34H. The zero-order chi connectivity index (χ0) is 38.2. The van der Waals surface area contributed by atoms with Gasteiger partial charge in [0.1, 0.15) is 11.2 Å². The van der Waals surface area contributed by atoms with Gasteiger partial charge in [-0.25, -0.2) is 0 Å². The second-order valence-corrected chi connectivity index (χ2v) is 15.9. The smallest absolute Gasteiger partial charge is 0.135 e. The van der Waals surface area contributed by atoms with Crippen LogP contribution >= 0.6 is 11.3 Å². The minimum absolute atomic E-state index is 0.880. The van der Waals surface area contributed by atoms with Crippen LogP contribution in [0.15, 0.2) is 211 Å². The highest BCUT2D eigenvalue weighted by Gasteiger charge is 2.24. The lowest BCUT2D eigenvalue weighted by molar-refractivity contribution is 0.669. The van der Waals surface area contributed by atoms with E-state index in [9.17, 15) is 0 Å². The van der Waals surface area contributed by atoms with Crippen molar-refractivity contribution in [2.75, 3.05) is 4.90 Å². The maximum Gasteiger partial charge on any atom is 0.135 e. The van der Waals surface area contributed by atoms with Gasteiger partial charge in [-0.15, -0.1) is 11.3 Å². The molecule has 0 spiro atoms. The summed E-state index contributed by atoms with van der Waals surface area (Å²) >= 11 is 1.85. The van der Waals surface area contributed by atoms with Gasteiger partial charge < -0.3 is 13.9 Å². The Bertz CT molecular complexity index is 3480. The summed E-state index contributed by atoms with van der Waals surface area (Å²) in [5.41, 5.74) is 13.2. The second kappa shape index (κ2) is 13.1. The van der Waals surface area contributed by atoms with E-state index >= 15 is 0 Å². The van der Waals surface area contributed by atoms with Crippen molar-refractivity contribution in [3.63, 3.8) is 0 Å². The summed E-state index contributed by atoms with van der Waals surface area (Å²) in [6, 6.07) is 74.6. The Morgan fingerprint density at radius 1 is 0.397 bits per heavy atom. The van der Waals surface area contributed by atoms with Crippen molar-refractivity contribution in [1.29, 1.82) is 0 Å². The Kier molecular flexibility index (Phi) is 7.40. The summed E-state index contributed by atoms with van der Waals surface area (Å²) in [6.07, 6.45) is 0. The molecule has 0 unspecified atom stereocenters. The monoisotopic (exact) mass is 758 g/mol. The van der Waals surface area contributed by atoms with E-state index in [-0.39, 0.29) is 0 Å². The molecule has 3 aromatic heterocycles. The molecule has 272 valence electrons. The molecule has 0 saturated carbocycles. The van der Waals surface area contributed by atoms with Crippen LogP contribution < -0.4 is 4.90 Å². The molecule has 0 aliphatic heterocycles. The molecule has 0 N–H and O–H groups in total. The highest BCUT2D eigenvalue weighted by Crippen LogP contribution is 2.49. The normalized spacial score (nSPS) is 11.8. The first-order valence-electron chi connectivity index (χ1n) is 19.7. The molecule has 0 atom stereocenters. The summed E-state index contributed by atoms with van der Waals surface area (Å²) in [7, 11) is 0. The van der Waals surface area contributed by atoms with Crippen molar-refractivity contribution in [1.82, 2.24) is 4.57 Å². The van der Waals surface area contributed by atoms with Gasteiger partial charge in [0.05, 0.1) is 32.8 Å². The molecule has 12 aromatic rings. The van der Waals surface area contributed by atoms with Crippen LogP contribution in [0.1, 0.15) is 0 Å². The van der Waals surface area contributed by atoms with Crippen molar-refractivity contribution < 1.29 is 4.42 Å². The van der Waals surface area contributed by atoms with Crippen LogP contribution in [-0.4, -0.2) is 4.57 Å². The van der Waals surface area contributed by atoms with Crippen LogP contribution in [0, 0.1) is 0 Å². The van der Waals surface area contributed by atoms with Gasteiger partial charge in [0.2, 0.25) is 0 Å². The van der Waals surface area contributed by atoms with Gasteiger partial charge in [0, 0.05) is 53.8 Å². The number of anilines is 3. The van der Waals surface area contributed by atoms with Crippen LogP contribution in [0.4, 0.5) is 17.1 Å². The summed E-state index contributed by atoms with van der Waals surface area (Å²) in [6.45, 7) is 0. The predicted octanol–water partition coefficient (Wildman–Crippen LogP) is 15.9. The Balaban J connectivity index is 1.13. The summed E-state index contributed by atoms with van der Waals surface area (Å²) in [5.74, 6) is 0. The van der Waals surface area contributed by atoms with Gasteiger partial charge in [-0.05, 0) is 77.9 Å². The molecule has 58 heavy (non-hydrogen) atoms. The molecule has 4 heteroatoms. The maximum atomic E-state index is 6.34. The van der Waals surface area contributed by atoms with Gasteiger partial charge >= 0.3 is 0 Å². The van der Waals surface area contributed by atoms with Crippen molar-refractivity contribution in [3.8, 4) is 27.9 Å². The fourth-order valence-corrected chi connectivity index (χ4v) is 10.2. The van der Waals surface area contributed by atoms with E-state index < -0.39 is 0 Å². The molecule has 0 bridgehead atoms. The first-order chi connectivity index (χ1) is 28.8. The number of aromatic nitrogens is 1. The largest absolute Gasteiger partial charge is 0.456 e. The maximum absolute atomic E-state index is 6.34. The third-order valence-corrected chi connectivity index (χ3v) is 12.8. The topological polar surface area (TPSA) is 21.3 Å². The van der Waals surface area contributed by atoms with Gasteiger partial charge in [-0.2, -0.15) is 0 Å². The number of furan rings is 1. The fraction of sp³-hybridized carbons (Fsp3) is 0. The third-order valence-electron chi connectivity index (χ3n) is 11.6. The molecular formula is C54H34N2OS. The average molecular weight is 759 g/mol. The second-order valence-electron chi connectivity index (χ2n) is 14.9. The molecule has 0 saturated heterocycles. The Labute approximate surface area is 338 Å². The SMILES string of the molecule is c1ccc(-c2cc(-c3ccccc3-n3c4ccccc4c4ccccc43)ccc2N(c2ccc3oc4ccccc4c3c2)c2cccc3c2sc2ccccc23)cc1. The highest BCUT2D eigenvalue weighted by atomic mass is 32.1.